The predicted molar refractivity (Wildman–Crippen MR) is 123 cm³/mol. The van der Waals surface area contributed by atoms with Gasteiger partial charge < -0.3 is 5.11 Å². The molecule has 4 aromatic rings. The number of thiophene rings is 1. The first-order valence-corrected chi connectivity index (χ1v) is 10.6. The number of halogens is 2. The first-order valence-electron chi connectivity index (χ1n) is 9.82. The lowest BCUT2D eigenvalue weighted by Gasteiger charge is -2.26. The molecule has 0 aliphatic carbocycles. The molecule has 0 saturated carbocycles. The normalized spacial score (nSPS) is 11.7. The van der Waals surface area contributed by atoms with E-state index in [1.54, 1.807) is 30.3 Å². The number of hydrogen-bond acceptors (Lipinski definition) is 3. The van der Waals surface area contributed by atoms with E-state index in [0.29, 0.717) is 26.8 Å². The van der Waals surface area contributed by atoms with Gasteiger partial charge in [-0.2, -0.15) is 0 Å². The van der Waals surface area contributed by atoms with E-state index in [4.69, 9.17) is 0 Å². The number of carboxylic acid groups (broad SMARTS) is 1. The van der Waals surface area contributed by atoms with Crippen LogP contribution in [0.3, 0.4) is 0 Å². The topological polar surface area (TPSA) is 62.5 Å². The SMILES string of the molecule is CC(C)(C)c1sc2c(ccc(=O)n2-c2ccccc2)c1N(C(=O)O)c1ccc(F)cc1F. The van der Waals surface area contributed by atoms with Crippen molar-refractivity contribution in [3.05, 3.63) is 87.5 Å². The molecule has 32 heavy (non-hydrogen) atoms. The second-order valence-corrected chi connectivity index (χ2v) is 9.30. The second-order valence-electron chi connectivity index (χ2n) is 8.30. The van der Waals surface area contributed by atoms with Crippen molar-refractivity contribution >= 4 is 39.0 Å². The summed E-state index contributed by atoms with van der Waals surface area (Å²) in [5, 5.41) is 10.6. The molecule has 0 aliphatic rings. The fraction of sp³-hybridized carbons (Fsp3) is 0.167. The zero-order valence-corrected chi connectivity index (χ0v) is 18.4. The Morgan fingerprint density at radius 3 is 2.31 bits per heavy atom. The van der Waals surface area contributed by atoms with Gasteiger partial charge in [0.05, 0.1) is 17.1 Å². The molecule has 0 atom stereocenters. The van der Waals surface area contributed by atoms with Crippen LogP contribution in [-0.2, 0) is 5.41 Å². The molecule has 0 bridgehead atoms. The molecule has 2 aromatic carbocycles. The van der Waals surface area contributed by atoms with Crippen LogP contribution in [0.1, 0.15) is 25.6 Å². The third kappa shape index (κ3) is 3.67. The number of amides is 1. The van der Waals surface area contributed by atoms with Gasteiger partial charge in [0.2, 0.25) is 0 Å². The second kappa shape index (κ2) is 7.87. The van der Waals surface area contributed by atoms with Gasteiger partial charge in [0.1, 0.15) is 16.5 Å². The van der Waals surface area contributed by atoms with E-state index in [-0.39, 0.29) is 16.9 Å². The molecule has 0 radical (unpaired) electrons. The standard InChI is InChI=1S/C24H20F2N2O3S/c1-24(2,3)21-20(28(23(30)31)18-11-9-14(25)13-17(18)26)16-10-12-19(29)27(22(16)32-21)15-7-5-4-6-8-15/h4-13H,1-3H3,(H,30,31). The predicted octanol–water partition coefficient (Wildman–Crippen LogP) is 6.44. The lowest BCUT2D eigenvalue weighted by molar-refractivity contribution is 0.204. The highest BCUT2D eigenvalue weighted by molar-refractivity contribution is 7.19. The Balaban J connectivity index is 2.12. The maximum atomic E-state index is 14.7. The van der Waals surface area contributed by atoms with Crippen LogP contribution in [0, 0.1) is 11.6 Å². The van der Waals surface area contributed by atoms with Crippen molar-refractivity contribution in [2.45, 2.75) is 26.2 Å². The van der Waals surface area contributed by atoms with Crippen molar-refractivity contribution in [1.82, 2.24) is 4.57 Å². The quantitative estimate of drug-likeness (QED) is 0.387. The number of hydrogen-bond donors (Lipinski definition) is 1. The average molecular weight is 454 g/mol. The van der Waals surface area contributed by atoms with Crippen LogP contribution in [0.25, 0.3) is 15.9 Å². The summed E-state index contributed by atoms with van der Waals surface area (Å²) in [7, 11) is 0. The van der Waals surface area contributed by atoms with Crippen LogP contribution in [0.5, 0.6) is 0 Å². The number of aromatic nitrogens is 1. The molecule has 0 saturated heterocycles. The van der Waals surface area contributed by atoms with E-state index in [1.165, 1.54) is 22.0 Å². The number of pyridine rings is 1. The lowest BCUT2D eigenvalue weighted by Crippen LogP contribution is -2.27. The fourth-order valence-corrected chi connectivity index (χ4v) is 4.96. The molecule has 0 aliphatic heterocycles. The van der Waals surface area contributed by atoms with Crippen LogP contribution >= 0.6 is 11.3 Å². The smallest absolute Gasteiger partial charge is 0.416 e. The lowest BCUT2D eigenvalue weighted by atomic mass is 9.92. The monoisotopic (exact) mass is 454 g/mol. The first-order chi connectivity index (χ1) is 15.1. The number of anilines is 2. The molecule has 2 aromatic heterocycles. The average Bonchev–Trinajstić information content (AvgIpc) is 3.10. The molecule has 4 rings (SSSR count). The Morgan fingerprint density at radius 1 is 1.03 bits per heavy atom. The van der Waals surface area contributed by atoms with Crippen molar-refractivity contribution < 1.29 is 18.7 Å². The van der Waals surface area contributed by atoms with E-state index in [9.17, 15) is 23.5 Å². The molecule has 5 nitrogen and oxygen atoms in total. The van der Waals surface area contributed by atoms with Gasteiger partial charge in [-0.15, -0.1) is 11.3 Å². The number of benzene rings is 2. The van der Waals surface area contributed by atoms with Gasteiger partial charge in [0.15, 0.2) is 0 Å². The molecule has 1 amide bonds. The molecule has 2 heterocycles. The number of nitrogens with zero attached hydrogens (tertiary/aromatic N) is 2. The highest BCUT2D eigenvalue weighted by atomic mass is 32.1. The highest BCUT2D eigenvalue weighted by Crippen LogP contribution is 2.47. The van der Waals surface area contributed by atoms with Gasteiger partial charge in [0.25, 0.3) is 5.56 Å². The van der Waals surface area contributed by atoms with Crippen LogP contribution in [0.2, 0.25) is 0 Å². The van der Waals surface area contributed by atoms with E-state index in [0.717, 1.165) is 17.0 Å². The third-order valence-corrected chi connectivity index (χ3v) is 6.58. The van der Waals surface area contributed by atoms with E-state index in [1.807, 2.05) is 26.8 Å². The van der Waals surface area contributed by atoms with Gasteiger partial charge in [0, 0.05) is 22.4 Å². The van der Waals surface area contributed by atoms with Gasteiger partial charge in [-0.3, -0.25) is 9.36 Å². The van der Waals surface area contributed by atoms with Crippen LogP contribution in [-0.4, -0.2) is 15.8 Å². The Hall–Kier alpha value is -3.52. The van der Waals surface area contributed by atoms with Gasteiger partial charge in [-0.25, -0.2) is 18.5 Å². The summed E-state index contributed by atoms with van der Waals surface area (Å²) in [6, 6.07) is 14.7. The van der Waals surface area contributed by atoms with Crippen LogP contribution in [0.15, 0.2) is 65.5 Å². The van der Waals surface area contributed by atoms with Crippen molar-refractivity contribution in [3.8, 4) is 5.69 Å². The Kier molecular flexibility index (Phi) is 5.34. The maximum Gasteiger partial charge on any atom is 0.416 e. The Labute approximate surface area is 186 Å². The van der Waals surface area contributed by atoms with Crippen molar-refractivity contribution in [2.24, 2.45) is 0 Å². The third-order valence-electron chi connectivity index (χ3n) is 4.98. The van der Waals surface area contributed by atoms with Crippen molar-refractivity contribution in [2.75, 3.05) is 4.90 Å². The Bertz CT molecular complexity index is 1390. The summed E-state index contributed by atoms with van der Waals surface area (Å²) in [5.74, 6) is -1.80. The highest BCUT2D eigenvalue weighted by Gasteiger charge is 2.33. The summed E-state index contributed by atoms with van der Waals surface area (Å²) in [6.07, 6.45) is -1.42. The Morgan fingerprint density at radius 2 is 1.72 bits per heavy atom. The van der Waals surface area contributed by atoms with E-state index < -0.39 is 23.1 Å². The van der Waals surface area contributed by atoms with Gasteiger partial charge in [-0.1, -0.05) is 39.0 Å². The molecule has 0 unspecified atom stereocenters. The zero-order valence-electron chi connectivity index (χ0n) is 17.6. The first kappa shape index (κ1) is 21.7. The number of rotatable bonds is 3. The number of para-hydroxylation sites is 1. The maximum absolute atomic E-state index is 14.7. The number of fused-ring (bicyclic) bond motifs is 1. The van der Waals surface area contributed by atoms with Gasteiger partial charge >= 0.3 is 6.09 Å². The summed E-state index contributed by atoms with van der Waals surface area (Å²) in [6.45, 7) is 5.73. The largest absolute Gasteiger partial charge is 0.464 e. The summed E-state index contributed by atoms with van der Waals surface area (Å²) in [5.41, 5.74) is -0.208. The van der Waals surface area contributed by atoms with E-state index >= 15 is 0 Å². The minimum atomic E-state index is -1.42. The summed E-state index contributed by atoms with van der Waals surface area (Å²) >= 11 is 1.28. The van der Waals surface area contributed by atoms with Crippen molar-refractivity contribution in [1.29, 1.82) is 0 Å². The minimum Gasteiger partial charge on any atom is -0.464 e. The van der Waals surface area contributed by atoms with Crippen LogP contribution < -0.4 is 10.5 Å². The zero-order chi connectivity index (χ0) is 23.2. The fourth-order valence-electron chi connectivity index (χ4n) is 3.60. The molecule has 8 heteroatoms. The molecule has 1 N–H and O–H groups in total. The number of carbonyl (C=O) groups is 1. The molecule has 164 valence electrons. The molecular weight excluding hydrogens is 434 g/mol. The summed E-state index contributed by atoms with van der Waals surface area (Å²) < 4.78 is 29.7. The van der Waals surface area contributed by atoms with Crippen LogP contribution in [0.4, 0.5) is 25.0 Å². The molecule has 0 spiro atoms. The minimum absolute atomic E-state index is 0.250. The van der Waals surface area contributed by atoms with E-state index in [2.05, 4.69) is 0 Å². The summed E-state index contributed by atoms with van der Waals surface area (Å²) in [4.78, 5) is 27.2. The van der Waals surface area contributed by atoms with Crippen molar-refractivity contribution in [3.63, 3.8) is 0 Å². The molecule has 0 fully saturated rings. The molecular formula is C24H20F2N2O3S. The van der Waals surface area contributed by atoms with Gasteiger partial charge in [-0.05, 0) is 35.7 Å².